The van der Waals surface area contributed by atoms with Gasteiger partial charge in [0.1, 0.15) is 0 Å². The average molecular weight is 320 g/mol. The molecule has 2 bridgehead atoms. The smallest absolute Gasteiger partial charge is 0.183 e. The summed E-state index contributed by atoms with van der Waals surface area (Å²) < 4.78 is 10.7. The van der Waals surface area contributed by atoms with Crippen LogP contribution in [0.3, 0.4) is 0 Å². The molecule has 2 saturated heterocycles. The van der Waals surface area contributed by atoms with Crippen molar-refractivity contribution in [2.75, 3.05) is 14.2 Å². The largest absolute Gasteiger partial charge is 0.352 e. The van der Waals surface area contributed by atoms with Crippen molar-refractivity contribution in [3.8, 4) is 0 Å². The second kappa shape index (κ2) is 7.16. The van der Waals surface area contributed by atoms with Crippen molar-refractivity contribution < 1.29 is 14.3 Å². The van der Waals surface area contributed by atoms with Crippen molar-refractivity contribution in [1.29, 1.82) is 0 Å². The monoisotopic (exact) mass is 320 g/mol. The van der Waals surface area contributed by atoms with E-state index in [1.165, 1.54) is 19.3 Å². The lowest BCUT2D eigenvalue weighted by molar-refractivity contribution is -0.106. The summed E-state index contributed by atoms with van der Waals surface area (Å²) in [5.41, 5.74) is 1.62. The van der Waals surface area contributed by atoms with E-state index in [2.05, 4.69) is 11.8 Å². The summed E-state index contributed by atoms with van der Waals surface area (Å²) in [6, 6.07) is 7.71. The van der Waals surface area contributed by atoms with Gasteiger partial charge in [0.2, 0.25) is 0 Å². The molecule has 2 atom stereocenters. The third kappa shape index (κ3) is 3.24. The number of thioether (sulfide) groups is 1. The van der Waals surface area contributed by atoms with Gasteiger partial charge in [-0.05, 0) is 25.7 Å². The molecule has 0 aromatic heterocycles. The summed E-state index contributed by atoms with van der Waals surface area (Å²) in [7, 11) is 3.22. The number of ether oxygens (including phenoxy) is 2. The molecule has 0 saturated carbocycles. The van der Waals surface area contributed by atoms with E-state index in [1.54, 1.807) is 14.2 Å². The van der Waals surface area contributed by atoms with Crippen LogP contribution in [0.2, 0.25) is 0 Å². The number of benzene rings is 1. The molecule has 0 radical (unpaired) electrons. The molecule has 1 aromatic rings. The van der Waals surface area contributed by atoms with Gasteiger partial charge in [-0.2, -0.15) is 11.8 Å². The van der Waals surface area contributed by atoms with Crippen LogP contribution in [0.1, 0.15) is 54.3 Å². The summed E-state index contributed by atoms with van der Waals surface area (Å²) >= 11 is 2.11. The van der Waals surface area contributed by atoms with Gasteiger partial charge in [-0.3, -0.25) is 4.79 Å². The molecule has 0 aliphatic carbocycles. The molecule has 2 heterocycles. The van der Waals surface area contributed by atoms with Crippen molar-refractivity contribution >= 4 is 17.5 Å². The zero-order valence-electron chi connectivity index (χ0n) is 13.3. The highest BCUT2D eigenvalue weighted by Crippen LogP contribution is 2.45. The van der Waals surface area contributed by atoms with E-state index in [0.717, 1.165) is 24.0 Å². The zero-order chi connectivity index (χ0) is 15.5. The van der Waals surface area contributed by atoms with Gasteiger partial charge in [-0.1, -0.05) is 30.7 Å². The SMILES string of the molecule is COC(OC)c1ccccc1C(=O)C1CC2CCCC(C1)S2. The quantitative estimate of drug-likeness (QED) is 0.601. The molecule has 0 N–H and O–H groups in total. The van der Waals surface area contributed by atoms with Crippen molar-refractivity contribution in [2.24, 2.45) is 5.92 Å². The van der Waals surface area contributed by atoms with Crippen LogP contribution in [0, 0.1) is 5.92 Å². The van der Waals surface area contributed by atoms with E-state index >= 15 is 0 Å². The predicted molar refractivity (Wildman–Crippen MR) is 89.3 cm³/mol. The molecule has 2 aliphatic rings. The molecule has 0 spiro atoms. The Labute approximate surface area is 136 Å². The van der Waals surface area contributed by atoms with E-state index < -0.39 is 6.29 Å². The van der Waals surface area contributed by atoms with Crippen molar-refractivity contribution in [3.05, 3.63) is 35.4 Å². The highest BCUT2D eigenvalue weighted by atomic mass is 32.2. The van der Waals surface area contributed by atoms with Crippen LogP contribution in [0.4, 0.5) is 0 Å². The van der Waals surface area contributed by atoms with Crippen LogP contribution < -0.4 is 0 Å². The molecule has 120 valence electrons. The Kier molecular flexibility index (Phi) is 5.21. The second-order valence-corrected chi connectivity index (χ2v) is 7.84. The summed E-state index contributed by atoms with van der Waals surface area (Å²) in [4.78, 5) is 13.1. The standard InChI is InChI=1S/C18H24O3S/c1-20-18(21-2)16-9-4-3-8-15(16)17(19)12-10-13-6-5-7-14(11-12)22-13/h3-4,8-9,12-14,18H,5-7,10-11H2,1-2H3. The summed E-state index contributed by atoms with van der Waals surface area (Å²) in [6.45, 7) is 0. The fourth-order valence-electron chi connectivity index (χ4n) is 3.77. The first-order chi connectivity index (χ1) is 10.7. The number of hydrogen-bond acceptors (Lipinski definition) is 4. The minimum Gasteiger partial charge on any atom is -0.352 e. The van der Waals surface area contributed by atoms with E-state index in [4.69, 9.17) is 9.47 Å². The van der Waals surface area contributed by atoms with Crippen LogP contribution in [-0.2, 0) is 9.47 Å². The van der Waals surface area contributed by atoms with E-state index in [9.17, 15) is 4.79 Å². The maximum Gasteiger partial charge on any atom is 0.183 e. The fourth-order valence-corrected chi connectivity index (χ4v) is 5.61. The van der Waals surface area contributed by atoms with Crippen molar-refractivity contribution in [3.63, 3.8) is 0 Å². The molecular weight excluding hydrogens is 296 g/mol. The molecule has 2 unspecified atom stereocenters. The Morgan fingerprint density at radius 3 is 2.41 bits per heavy atom. The van der Waals surface area contributed by atoms with Crippen LogP contribution in [0.5, 0.6) is 0 Å². The topological polar surface area (TPSA) is 35.5 Å². The van der Waals surface area contributed by atoms with Gasteiger partial charge < -0.3 is 9.47 Å². The minimum absolute atomic E-state index is 0.159. The van der Waals surface area contributed by atoms with Crippen LogP contribution in [0.25, 0.3) is 0 Å². The zero-order valence-corrected chi connectivity index (χ0v) is 14.1. The molecule has 4 heteroatoms. The van der Waals surface area contributed by atoms with Crippen LogP contribution >= 0.6 is 11.8 Å². The lowest BCUT2D eigenvalue weighted by Gasteiger charge is -2.38. The number of methoxy groups -OCH3 is 2. The number of rotatable bonds is 5. The highest BCUT2D eigenvalue weighted by Gasteiger charge is 2.36. The molecule has 0 amide bonds. The van der Waals surface area contributed by atoms with Crippen LogP contribution in [-0.4, -0.2) is 30.5 Å². The second-order valence-electron chi connectivity index (χ2n) is 6.23. The molecular formula is C18H24O3S. The van der Waals surface area contributed by atoms with E-state index in [0.29, 0.717) is 10.5 Å². The number of hydrogen-bond donors (Lipinski definition) is 0. The van der Waals surface area contributed by atoms with Gasteiger partial charge in [0.25, 0.3) is 0 Å². The molecule has 3 nitrogen and oxygen atoms in total. The first-order valence-corrected chi connectivity index (χ1v) is 9.01. The van der Waals surface area contributed by atoms with E-state index in [-0.39, 0.29) is 11.7 Å². The Morgan fingerprint density at radius 2 is 1.77 bits per heavy atom. The van der Waals surface area contributed by atoms with Crippen molar-refractivity contribution in [2.45, 2.75) is 48.9 Å². The third-order valence-electron chi connectivity index (χ3n) is 4.81. The van der Waals surface area contributed by atoms with Gasteiger partial charge in [-0.15, -0.1) is 0 Å². The van der Waals surface area contributed by atoms with E-state index in [1.807, 2.05) is 24.3 Å². The lowest BCUT2D eigenvalue weighted by Crippen LogP contribution is -2.33. The maximum atomic E-state index is 13.1. The average Bonchev–Trinajstić information content (AvgIpc) is 2.55. The molecule has 3 rings (SSSR count). The normalized spacial score (nSPS) is 27.9. The Balaban J connectivity index is 1.83. The number of carbonyl (C=O) groups is 1. The Morgan fingerprint density at radius 1 is 1.14 bits per heavy atom. The summed E-state index contributed by atoms with van der Waals surface area (Å²) in [5, 5.41) is 1.35. The maximum absolute atomic E-state index is 13.1. The summed E-state index contributed by atoms with van der Waals surface area (Å²) in [6.07, 6.45) is 5.45. The first-order valence-electron chi connectivity index (χ1n) is 8.07. The number of fused-ring (bicyclic) bond motifs is 2. The molecule has 2 aliphatic heterocycles. The Bertz CT molecular complexity index is 515. The van der Waals surface area contributed by atoms with Gasteiger partial charge in [0, 0.05) is 41.8 Å². The van der Waals surface area contributed by atoms with Gasteiger partial charge in [0.05, 0.1) is 0 Å². The van der Waals surface area contributed by atoms with Gasteiger partial charge in [-0.25, -0.2) is 0 Å². The Hall–Kier alpha value is -0.840. The lowest BCUT2D eigenvalue weighted by atomic mass is 9.83. The number of carbonyl (C=O) groups excluding carboxylic acids is 1. The highest BCUT2D eigenvalue weighted by molar-refractivity contribution is 8.00. The third-order valence-corrected chi connectivity index (χ3v) is 6.44. The number of Topliss-reactive ketones (excluding diaryl/α,β-unsaturated/α-hetero) is 1. The number of ketones is 1. The first kappa shape index (κ1) is 16.0. The molecule has 22 heavy (non-hydrogen) atoms. The fraction of sp³-hybridized carbons (Fsp3) is 0.611. The van der Waals surface area contributed by atoms with Gasteiger partial charge >= 0.3 is 0 Å². The van der Waals surface area contributed by atoms with Gasteiger partial charge in [0.15, 0.2) is 12.1 Å². The summed E-state index contributed by atoms with van der Waals surface area (Å²) in [5.74, 6) is 0.430. The van der Waals surface area contributed by atoms with Crippen LogP contribution in [0.15, 0.2) is 24.3 Å². The minimum atomic E-state index is -0.474. The molecule has 1 aromatic carbocycles. The van der Waals surface area contributed by atoms with Crippen molar-refractivity contribution in [1.82, 2.24) is 0 Å². The molecule has 2 fully saturated rings. The predicted octanol–water partition coefficient (Wildman–Crippen LogP) is 4.23.